The number of aromatic amines is 1. The van der Waals surface area contributed by atoms with Crippen LogP contribution in [0.15, 0.2) is 56.6 Å². The van der Waals surface area contributed by atoms with E-state index in [9.17, 15) is 14.4 Å². The van der Waals surface area contributed by atoms with Crippen LogP contribution in [-0.2, 0) is 11.3 Å². The number of rotatable bonds is 5. The Hall–Kier alpha value is -4.01. The number of anilines is 1. The van der Waals surface area contributed by atoms with Gasteiger partial charge in [0, 0.05) is 30.3 Å². The molecule has 1 amide bonds. The molecule has 0 radical (unpaired) electrons. The molecule has 152 valence electrons. The maximum Gasteiger partial charge on any atom is 0.316 e. The van der Waals surface area contributed by atoms with E-state index < -0.39 is 11.1 Å². The Morgan fingerprint density at radius 2 is 1.87 bits per heavy atom. The van der Waals surface area contributed by atoms with Crippen molar-refractivity contribution in [3.05, 3.63) is 63.2 Å². The van der Waals surface area contributed by atoms with Gasteiger partial charge in [-0.25, -0.2) is 0 Å². The summed E-state index contributed by atoms with van der Waals surface area (Å²) in [6, 6.07) is 12.3. The van der Waals surface area contributed by atoms with Crippen molar-refractivity contribution < 1.29 is 9.32 Å². The molecule has 0 saturated heterocycles. The highest BCUT2D eigenvalue weighted by molar-refractivity contribution is 5.88. The minimum atomic E-state index is -0.666. The van der Waals surface area contributed by atoms with Crippen LogP contribution in [0.3, 0.4) is 0 Å². The van der Waals surface area contributed by atoms with E-state index in [-0.39, 0.29) is 5.91 Å². The van der Waals surface area contributed by atoms with Gasteiger partial charge >= 0.3 is 11.1 Å². The minimum Gasteiger partial charge on any atom is -0.334 e. The highest BCUT2D eigenvalue weighted by Gasteiger charge is 2.13. The summed E-state index contributed by atoms with van der Waals surface area (Å²) < 4.78 is 6.84. The number of fused-ring (bicyclic) bond motifs is 1. The number of H-pyrrole nitrogens is 1. The lowest BCUT2D eigenvalue weighted by atomic mass is 10.1. The zero-order valence-electron chi connectivity index (χ0n) is 16.4. The fourth-order valence-corrected chi connectivity index (χ4v) is 3.22. The lowest BCUT2D eigenvalue weighted by Gasteiger charge is -2.08. The number of carbonyl (C=O) groups excluding carboxylic acids is 1. The summed E-state index contributed by atoms with van der Waals surface area (Å²) in [4.78, 5) is 42.3. The molecule has 0 spiro atoms. The molecule has 2 aromatic carbocycles. The Morgan fingerprint density at radius 3 is 2.57 bits per heavy atom. The van der Waals surface area contributed by atoms with Crippen molar-refractivity contribution in [1.29, 1.82) is 0 Å². The van der Waals surface area contributed by atoms with Gasteiger partial charge in [-0.3, -0.25) is 14.4 Å². The van der Waals surface area contributed by atoms with Crippen molar-refractivity contribution in [2.75, 3.05) is 5.32 Å². The second-order valence-corrected chi connectivity index (χ2v) is 6.82. The average Bonchev–Trinajstić information content (AvgIpc) is 3.21. The molecular formula is C21H19N5O4. The predicted molar refractivity (Wildman–Crippen MR) is 112 cm³/mol. The van der Waals surface area contributed by atoms with Crippen molar-refractivity contribution >= 4 is 22.6 Å². The third-order valence-electron chi connectivity index (χ3n) is 4.56. The van der Waals surface area contributed by atoms with Crippen LogP contribution in [0, 0.1) is 0 Å². The molecule has 9 heteroatoms. The number of nitrogens with one attached hydrogen (secondary N) is 2. The van der Waals surface area contributed by atoms with Crippen molar-refractivity contribution in [3.63, 3.8) is 0 Å². The van der Waals surface area contributed by atoms with Gasteiger partial charge in [0.05, 0.1) is 11.0 Å². The summed E-state index contributed by atoms with van der Waals surface area (Å²) in [5.74, 6) is 0.525. The van der Waals surface area contributed by atoms with E-state index in [0.29, 0.717) is 46.1 Å². The Balaban J connectivity index is 1.69. The van der Waals surface area contributed by atoms with Crippen LogP contribution in [0.2, 0.25) is 0 Å². The normalized spacial score (nSPS) is 11.0. The minimum absolute atomic E-state index is 0.151. The van der Waals surface area contributed by atoms with Crippen molar-refractivity contribution in [2.45, 2.75) is 26.8 Å². The molecule has 4 rings (SSSR count). The Bertz CT molecular complexity index is 1350. The molecule has 4 aromatic rings. The van der Waals surface area contributed by atoms with Gasteiger partial charge in [0.15, 0.2) is 0 Å². The molecule has 2 aromatic heterocycles. The van der Waals surface area contributed by atoms with Crippen LogP contribution in [0.5, 0.6) is 0 Å². The van der Waals surface area contributed by atoms with Crippen LogP contribution in [0.1, 0.15) is 20.3 Å². The molecule has 0 bridgehead atoms. The second kappa shape index (κ2) is 7.78. The highest BCUT2D eigenvalue weighted by atomic mass is 16.5. The smallest absolute Gasteiger partial charge is 0.316 e. The molecule has 0 unspecified atom stereocenters. The van der Waals surface area contributed by atoms with E-state index in [2.05, 4.69) is 20.4 Å². The van der Waals surface area contributed by atoms with Crippen LogP contribution < -0.4 is 16.4 Å². The van der Waals surface area contributed by atoms with Crippen molar-refractivity contribution in [1.82, 2.24) is 19.7 Å². The zero-order valence-corrected chi connectivity index (χ0v) is 16.4. The first-order valence-electron chi connectivity index (χ1n) is 9.45. The van der Waals surface area contributed by atoms with E-state index in [4.69, 9.17) is 4.52 Å². The summed E-state index contributed by atoms with van der Waals surface area (Å²) in [6.45, 7) is 3.84. The summed E-state index contributed by atoms with van der Waals surface area (Å²) in [5.41, 5.74) is 1.95. The molecule has 0 atom stereocenters. The number of benzene rings is 2. The van der Waals surface area contributed by atoms with Crippen molar-refractivity contribution in [3.8, 4) is 22.8 Å². The van der Waals surface area contributed by atoms with Gasteiger partial charge in [-0.1, -0.05) is 12.1 Å². The van der Waals surface area contributed by atoms with E-state index in [1.165, 1.54) is 11.5 Å². The maximum atomic E-state index is 12.1. The predicted octanol–water partition coefficient (Wildman–Crippen LogP) is 2.78. The molecule has 0 aliphatic carbocycles. The molecule has 0 aliphatic rings. The quantitative estimate of drug-likeness (QED) is 0.492. The summed E-state index contributed by atoms with van der Waals surface area (Å²) in [5, 5.41) is 6.72. The summed E-state index contributed by atoms with van der Waals surface area (Å²) in [7, 11) is 0. The first-order valence-corrected chi connectivity index (χ1v) is 9.45. The van der Waals surface area contributed by atoms with Crippen LogP contribution in [0.4, 0.5) is 5.69 Å². The zero-order chi connectivity index (χ0) is 21.3. The molecule has 2 heterocycles. The Labute approximate surface area is 170 Å². The number of hydrogen-bond acceptors (Lipinski definition) is 6. The lowest BCUT2D eigenvalue weighted by Crippen LogP contribution is -2.36. The van der Waals surface area contributed by atoms with Gasteiger partial charge in [0.1, 0.15) is 0 Å². The fourth-order valence-electron chi connectivity index (χ4n) is 3.22. The number of aromatic nitrogens is 4. The fraction of sp³-hybridized carbons (Fsp3) is 0.190. The number of aryl methyl sites for hydroxylation is 1. The average molecular weight is 405 g/mol. The maximum absolute atomic E-state index is 12.1. The summed E-state index contributed by atoms with van der Waals surface area (Å²) in [6.07, 6.45) is 0.731. The molecule has 0 fully saturated rings. The monoisotopic (exact) mass is 405 g/mol. The van der Waals surface area contributed by atoms with Crippen LogP contribution >= 0.6 is 0 Å². The third kappa shape index (κ3) is 3.64. The van der Waals surface area contributed by atoms with Gasteiger partial charge in [0.2, 0.25) is 11.7 Å². The number of carbonyl (C=O) groups is 1. The van der Waals surface area contributed by atoms with Crippen LogP contribution in [0.25, 0.3) is 33.9 Å². The van der Waals surface area contributed by atoms with Crippen molar-refractivity contribution in [2.24, 2.45) is 0 Å². The highest BCUT2D eigenvalue weighted by Crippen LogP contribution is 2.25. The topological polar surface area (TPSA) is 123 Å². The molecule has 9 nitrogen and oxygen atoms in total. The van der Waals surface area contributed by atoms with Gasteiger partial charge in [-0.2, -0.15) is 4.98 Å². The second-order valence-electron chi connectivity index (χ2n) is 6.82. The van der Waals surface area contributed by atoms with Crippen LogP contribution in [-0.4, -0.2) is 25.6 Å². The molecular weight excluding hydrogens is 386 g/mol. The standard InChI is InChI=1S/C21H19N5O4/c1-3-10-26-17-9-6-14(11-16(17)23-19(28)21(26)29)18-24-20(30-25-18)13-4-7-15(8-5-13)22-12(2)27/h4-9,11H,3,10H2,1-2H3,(H,22,27)(H,23,28). The third-order valence-corrected chi connectivity index (χ3v) is 4.56. The molecule has 0 saturated carbocycles. The van der Waals surface area contributed by atoms with E-state index >= 15 is 0 Å². The number of nitrogens with zero attached hydrogens (tertiary/aromatic N) is 3. The van der Waals surface area contributed by atoms with E-state index in [1.54, 1.807) is 42.5 Å². The number of hydrogen-bond donors (Lipinski definition) is 2. The number of amides is 1. The van der Waals surface area contributed by atoms with E-state index in [0.717, 1.165) is 6.42 Å². The summed E-state index contributed by atoms with van der Waals surface area (Å²) >= 11 is 0. The van der Waals surface area contributed by atoms with Gasteiger partial charge in [-0.15, -0.1) is 0 Å². The van der Waals surface area contributed by atoms with Gasteiger partial charge in [-0.05, 0) is 48.9 Å². The Kier molecular flexibility index (Phi) is 5.01. The SMILES string of the molecule is CCCn1c(=O)c(=O)[nH]c2cc(-c3noc(-c4ccc(NC(C)=O)cc4)n3)ccc21. The largest absolute Gasteiger partial charge is 0.334 e. The van der Waals surface area contributed by atoms with Gasteiger partial charge < -0.3 is 19.4 Å². The first-order chi connectivity index (χ1) is 14.5. The molecule has 0 aliphatic heterocycles. The van der Waals surface area contributed by atoms with Gasteiger partial charge in [0.25, 0.3) is 5.89 Å². The molecule has 30 heavy (non-hydrogen) atoms. The lowest BCUT2D eigenvalue weighted by molar-refractivity contribution is -0.114. The molecule has 2 N–H and O–H groups in total. The Morgan fingerprint density at radius 1 is 1.13 bits per heavy atom. The first kappa shape index (κ1) is 19.3. The van der Waals surface area contributed by atoms with E-state index in [1.807, 2.05) is 6.92 Å².